The summed E-state index contributed by atoms with van der Waals surface area (Å²) in [4.78, 5) is 10.7. The molecule has 0 saturated carbocycles. The van der Waals surface area contributed by atoms with E-state index in [2.05, 4.69) is 44.3 Å². The Morgan fingerprint density at radius 3 is 2.60 bits per heavy atom. The minimum Gasteiger partial charge on any atom is -0.469 e. The fourth-order valence-electron chi connectivity index (χ4n) is 0.890. The van der Waals surface area contributed by atoms with Gasteiger partial charge in [-0.3, -0.25) is 4.79 Å². The van der Waals surface area contributed by atoms with E-state index in [1.165, 1.54) is 7.11 Å². The summed E-state index contributed by atoms with van der Waals surface area (Å²) in [7, 11) is 1.41. The monoisotopic (exact) mass is 270 g/mol. The van der Waals surface area contributed by atoms with Crippen LogP contribution in [-0.2, 0) is 9.53 Å². The Morgan fingerprint density at radius 1 is 1.20 bits per heavy atom. The maximum Gasteiger partial charge on any atom is 0.305 e. The summed E-state index contributed by atoms with van der Waals surface area (Å²) in [5.74, 6) is 11.6. The highest BCUT2D eigenvalue weighted by Crippen LogP contribution is 1.99. The molecule has 0 aromatic carbocycles. The first-order valence-corrected chi connectivity index (χ1v) is 5.97. The van der Waals surface area contributed by atoms with Crippen LogP contribution in [0.2, 0.25) is 0 Å². The van der Waals surface area contributed by atoms with E-state index in [9.17, 15) is 4.79 Å². The van der Waals surface area contributed by atoms with Gasteiger partial charge in [-0.2, -0.15) is 0 Å². The topological polar surface area (TPSA) is 26.3 Å². The molecule has 0 fully saturated rings. The summed E-state index contributed by atoms with van der Waals surface area (Å²) in [5.41, 5.74) is 0. The summed E-state index contributed by atoms with van der Waals surface area (Å²) in [6.07, 6.45) is 3.72. The summed E-state index contributed by atoms with van der Waals surface area (Å²) in [6.45, 7) is 0. The minimum absolute atomic E-state index is 0.147. The quantitative estimate of drug-likeness (QED) is 0.340. The van der Waals surface area contributed by atoms with E-state index in [1.807, 2.05) is 0 Å². The zero-order chi connectivity index (χ0) is 11.4. The van der Waals surface area contributed by atoms with Gasteiger partial charge in [-0.15, -0.1) is 5.92 Å². The van der Waals surface area contributed by atoms with Gasteiger partial charge in [0, 0.05) is 12.8 Å². The Morgan fingerprint density at radius 2 is 1.93 bits per heavy atom. The second-order valence-electron chi connectivity index (χ2n) is 2.80. The fraction of sp³-hybridized carbons (Fsp3) is 0.583. The molecule has 15 heavy (non-hydrogen) atoms. The highest BCUT2D eigenvalue weighted by Gasteiger charge is 1.97. The van der Waals surface area contributed by atoms with Gasteiger partial charge in [-0.1, -0.05) is 33.7 Å². The van der Waals surface area contributed by atoms with Crippen LogP contribution in [0.4, 0.5) is 0 Å². The molecule has 0 aliphatic carbocycles. The lowest BCUT2D eigenvalue weighted by atomic mass is 10.2. The molecule has 82 valence electrons. The second-order valence-corrected chi connectivity index (χ2v) is 3.36. The van der Waals surface area contributed by atoms with Crippen LogP contribution in [0.3, 0.4) is 0 Å². The van der Waals surface area contributed by atoms with Crippen LogP contribution in [0, 0.1) is 23.7 Å². The number of hydrogen-bond acceptors (Lipinski definition) is 2. The zero-order valence-corrected chi connectivity index (χ0v) is 10.5. The predicted molar refractivity (Wildman–Crippen MR) is 64.4 cm³/mol. The molecule has 2 nitrogen and oxygen atoms in total. The number of hydrogen-bond donors (Lipinski definition) is 0. The van der Waals surface area contributed by atoms with Gasteiger partial charge in [0.15, 0.2) is 0 Å². The van der Waals surface area contributed by atoms with Gasteiger partial charge in [0.2, 0.25) is 0 Å². The van der Waals surface area contributed by atoms with Gasteiger partial charge in [0.1, 0.15) is 0 Å². The average Bonchev–Trinajstić information content (AvgIpc) is 2.26. The molecule has 0 saturated heterocycles. The molecule has 0 amide bonds. The van der Waals surface area contributed by atoms with Gasteiger partial charge in [-0.25, -0.2) is 0 Å². The summed E-state index contributed by atoms with van der Waals surface area (Å²) < 4.78 is 4.52. The van der Waals surface area contributed by atoms with Gasteiger partial charge in [-0.05, 0) is 12.8 Å². The van der Waals surface area contributed by atoms with Crippen molar-refractivity contribution in [3.8, 4) is 23.7 Å². The average molecular weight is 271 g/mol. The van der Waals surface area contributed by atoms with Gasteiger partial charge < -0.3 is 4.74 Å². The summed E-state index contributed by atoms with van der Waals surface area (Å²) in [6, 6.07) is 0. The largest absolute Gasteiger partial charge is 0.469 e. The molecule has 0 bridgehead atoms. The van der Waals surface area contributed by atoms with E-state index in [0.29, 0.717) is 18.2 Å². The van der Waals surface area contributed by atoms with Crippen LogP contribution < -0.4 is 0 Å². The highest BCUT2D eigenvalue weighted by molar-refractivity contribution is 9.09. The second kappa shape index (κ2) is 11.1. The van der Waals surface area contributed by atoms with E-state index in [0.717, 1.165) is 19.3 Å². The normalized spacial score (nSPS) is 8.13. The van der Waals surface area contributed by atoms with Crippen molar-refractivity contribution < 1.29 is 9.53 Å². The van der Waals surface area contributed by atoms with Crippen LogP contribution in [0.1, 0.15) is 32.1 Å². The fourth-order valence-corrected chi connectivity index (χ4v) is 1.09. The molecule has 0 aliphatic heterocycles. The molecule has 3 heteroatoms. The molecular formula is C12H15BrO2. The van der Waals surface area contributed by atoms with Crippen molar-refractivity contribution >= 4 is 21.9 Å². The third kappa shape index (κ3) is 11.0. The number of halogens is 1. The maximum absolute atomic E-state index is 10.7. The van der Waals surface area contributed by atoms with Crippen molar-refractivity contribution in [2.24, 2.45) is 0 Å². The first-order valence-electron chi connectivity index (χ1n) is 4.85. The van der Waals surface area contributed by atoms with E-state index in [4.69, 9.17) is 0 Å². The number of rotatable bonds is 4. The van der Waals surface area contributed by atoms with E-state index < -0.39 is 0 Å². The Labute approximate surface area is 99.9 Å². The Bertz CT molecular complexity index is 288. The molecule has 0 rings (SSSR count). The lowest BCUT2D eigenvalue weighted by molar-refractivity contribution is -0.140. The van der Waals surface area contributed by atoms with Crippen LogP contribution in [0.5, 0.6) is 0 Å². The molecule has 0 radical (unpaired) electrons. The zero-order valence-electron chi connectivity index (χ0n) is 8.94. The van der Waals surface area contributed by atoms with Gasteiger partial charge >= 0.3 is 5.97 Å². The van der Waals surface area contributed by atoms with Crippen LogP contribution in [0.25, 0.3) is 0 Å². The van der Waals surface area contributed by atoms with Crippen molar-refractivity contribution in [1.29, 1.82) is 0 Å². The Balaban J connectivity index is 3.33. The Hall–Kier alpha value is -0.930. The molecule has 0 unspecified atom stereocenters. The van der Waals surface area contributed by atoms with Crippen molar-refractivity contribution in [3.63, 3.8) is 0 Å². The van der Waals surface area contributed by atoms with Crippen molar-refractivity contribution in [3.05, 3.63) is 0 Å². The Kier molecular flexibility index (Phi) is 10.5. The third-order valence-electron chi connectivity index (χ3n) is 1.65. The van der Waals surface area contributed by atoms with Crippen LogP contribution >= 0.6 is 15.9 Å². The number of ether oxygens (including phenoxy) is 1. The number of esters is 1. The molecule has 0 aromatic rings. The SMILES string of the molecule is COC(=O)CCCCC#CCC#CCBr. The number of carbonyl (C=O) groups excluding carboxylic acids is 1. The van der Waals surface area contributed by atoms with Crippen LogP contribution in [0.15, 0.2) is 0 Å². The predicted octanol–water partition coefficient (Wildman–Crippen LogP) is 2.51. The lowest BCUT2D eigenvalue weighted by Crippen LogP contribution is -1.98. The summed E-state index contributed by atoms with van der Waals surface area (Å²) >= 11 is 3.21. The molecule has 0 heterocycles. The highest BCUT2D eigenvalue weighted by atomic mass is 79.9. The maximum atomic E-state index is 10.7. The molecule has 0 aliphatic rings. The smallest absolute Gasteiger partial charge is 0.305 e. The minimum atomic E-state index is -0.147. The third-order valence-corrected chi connectivity index (χ3v) is 1.93. The first kappa shape index (κ1) is 14.1. The first-order chi connectivity index (χ1) is 7.31. The van der Waals surface area contributed by atoms with E-state index in [-0.39, 0.29) is 5.97 Å². The van der Waals surface area contributed by atoms with Gasteiger partial charge in [0.05, 0.1) is 18.9 Å². The van der Waals surface area contributed by atoms with Crippen molar-refractivity contribution in [2.45, 2.75) is 32.1 Å². The molecule has 0 atom stereocenters. The van der Waals surface area contributed by atoms with Crippen molar-refractivity contribution in [2.75, 3.05) is 12.4 Å². The number of carbonyl (C=O) groups is 1. The van der Waals surface area contributed by atoms with Crippen LogP contribution in [-0.4, -0.2) is 18.4 Å². The molecular weight excluding hydrogens is 256 g/mol. The van der Waals surface area contributed by atoms with E-state index in [1.54, 1.807) is 0 Å². The summed E-state index contributed by atoms with van der Waals surface area (Å²) in [5, 5.41) is 0.702. The van der Waals surface area contributed by atoms with E-state index >= 15 is 0 Å². The molecule has 0 N–H and O–H groups in total. The molecule has 0 spiro atoms. The standard InChI is InChI=1S/C12H15BrO2/c1-15-12(14)10-8-6-4-2-3-5-7-9-11-13/h4-6,8,10-11H2,1H3. The number of alkyl halides is 1. The number of methoxy groups -OCH3 is 1. The van der Waals surface area contributed by atoms with Gasteiger partial charge in [0.25, 0.3) is 0 Å². The van der Waals surface area contributed by atoms with Crippen molar-refractivity contribution in [1.82, 2.24) is 0 Å². The molecule has 0 aromatic heterocycles. The lowest BCUT2D eigenvalue weighted by Gasteiger charge is -1.95. The number of unbranched alkanes of at least 4 members (excludes halogenated alkanes) is 2.